The third-order valence-corrected chi connectivity index (χ3v) is 9.50. The highest BCUT2D eigenvalue weighted by atomic mass is 32.1. The Morgan fingerprint density at radius 2 is 1.44 bits per heavy atom. The summed E-state index contributed by atoms with van der Waals surface area (Å²) in [5, 5.41) is 14.2. The van der Waals surface area contributed by atoms with Crippen LogP contribution in [0, 0.1) is 11.3 Å². The van der Waals surface area contributed by atoms with Gasteiger partial charge in [0.15, 0.2) is 0 Å². The van der Waals surface area contributed by atoms with Gasteiger partial charge in [0.05, 0.1) is 17.3 Å². The van der Waals surface area contributed by atoms with E-state index in [1.54, 1.807) is 11.3 Å². The van der Waals surface area contributed by atoms with Crippen molar-refractivity contribution in [1.82, 2.24) is 4.57 Å². The van der Waals surface area contributed by atoms with E-state index < -0.39 is 0 Å². The van der Waals surface area contributed by atoms with E-state index in [1.807, 2.05) is 30.3 Å². The minimum absolute atomic E-state index is 0.660. The minimum atomic E-state index is 0.660. The largest absolute Gasteiger partial charge is 0.455 e. The fourth-order valence-electron chi connectivity index (χ4n) is 6.61. The molecule has 4 heteroatoms. The first-order chi connectivity index (χ1) is 21.3. The van der Waals surface area contributed by atoms with Gasteiger partial charge >= 0.3 is 0 Å². The van der Waals surface area contributed by atoms with Crippen LogP contribution in [0.3, 0.4) is 0 Å². The zero-order chi connectivity index (χ0) is 28.5. The van der Waals surface area contributed by atoms with Gasteiger partial charge in [-0.25, -0.2) is 0 Å². The van der Waals surface area contributed by atoms with Crippen molar-refractivity contribution in [2.45, 2.75) is 0 Å². The van der Waals surface area contributed by atoms with Gasteiger partial charge < -0.3 is 8.98 Å². The summed E-state index contributed by atoms with van der Waals surface area (Å²) in [6.07, 6.45) is 2.16. The maximum Gasteiger partial charge on any atom is 0.143 e. The summed E-state index contributed by atoms with van der Waals surface area (Å²) >= 11 is 1.72. The van der Waals surface area contributed by atoms with Gasteiger partial charge in [-0.1, -0.05) is 72.8 Å². The monoisotopic (exact) mass is 566 g/mol. The molecule has 3 aromatic heterocycles. The number of fused-ring (bicyclic) bond motifs is 11. The number of hydrogen-bond donors (Lipinski definition) is 0. The highest BCUT2D eigenvalue weighted by molar-refractivity contribution is 7.14. The predicted molar refractivity (Wildman–Crippen MR) is 176 cm³/mol. The van der Waals surface area contributed by atoms with Crippen molar-refractivity contribution in [3.63, 3.8) is 0 Å². The maximum absolute atomic E-state index is 9.81. The molecule has 0 bridgehead atoms. The van der Waals surface area contributed by atoms with Crippen molar-refractivity contribution < 1.29 is 4.42 Å². The van der Waals surface area contributed by atoms with E-state index in [2.05, 4.69) is 113 Å². The standard InChI is InChI=1S/C39H22N2OS/c40-23-24-13-15-28-31-17-19-41(26-7-2-1-3-8-26)37(31)30-16-14-25(22-34(30)33-18-20-43-39(33)35(28)21-24)27-10-6-11-32-29-9-4-5-12-36(29)42-38(27)32/h1-22H. The number of furan rings is 1. The zero-order valence-corrected chi connectivity index (χ0v) is 23.7. The third-order valence-electron chi connectivity index (χ3n) is 8.55. The molecule has 5 aromatic carbocycles. The number of benzene rings is 5. The quantitative estimate of drug-likeness (QED) is 0.209. The molecule has 0 saturated heterocycles. The van der Waals surface area contributed by atoms with Crippen molar-refractivity contribution in [1.29, 1.82) is 5.26 Å². The molecule has 3 heterocycles. The second kappa shape index (κ2) is 9.19. The van der Waals surface area contributed by atoms with Crippen molar-refractivity contribution in [3.05, 3.63) is 138 Å². The Kier molecular flexibility index (Phi) is 5.13. The molecule has 8 aromatic rings. The van der Waals surface area contributed by atoms with Crippen molar-refractivity contribution in [3.8, 4) is 66.8 Å². The van der Waals surface area contributed by atoms with E-state index in [9.17, 15) is 5.26 Å². The number of para-hydroxylation sites is 3. The molecule has 9 rings (SSSR count). The Balaban J connectivity index is 1.37. The average Bonchev–Trinajstić information content (AvgIpc) is 3.81. The molecule has 0 amide bonds. The Labute approximate surface area is 252 Å². The van der Waals surface area contributed by atoms with Crippen molar-refractivity contribution >= 4 is 33.3 Å². The molecule has 0 saturated carbocycles. The first-order valence-electron chi connectivity index (χ1n) is 14.2. The Bertz CT molecular complexity index is 2420. The molecule has 0 radical (unpaired) electrons. The SMILES string of the molecule is N#Cc1ccc2c(c1)-c1sccc1-c1cc(-c3cccc4c3oc3ccccc34)ccc1-c1c-2ccn1-c1ccccc1. The zero-order valence-electron chi connectivity index (χ0n) is 22.9. The Hall–Kier alpha value is -5.63. The number of aromatic nitrogens is 1. The van der Waals surface area contributed by atoms with Crippen LogP contribution in [0.4, 0.5) is 0 Å². The van der Waals surface area contributed by atoms with Crippen LogP contribution in [0.5, 0.6) is 0 Å². The van der Waals surface area contributed by atoms with Crippen LogP contribution in [0.15, 0.2) is 137 Å². The fourth-order valence-corrected chi connectivity index (χ4v) is 7.55. The molecule has 0 spiro atoms. The molecule has 1 aliphatic carbocycles. The average molecular weight is 567 g/mol. The topological polar surface area (TPSA) is 41.9 Å². The second-order valence-corrected chi connectivity index (χ2v) is 11.8. The molecule has 1 aliphatic rings. The Morgan fingerprint density at radius 3 is 2.35 bits per heavy atom. The van der Waals surface area contributed by atoms with Crippen LogP contribution in [0.1, 0.15) is 5.56 Å². The first-order valence-corrected chi connectivity index (χ1v) is 15.1. The van der Waals surface area contributed by atoms with E-state index >= 15 is 0 Å². The first kappa shape index (κ1) is 24.0. The lowest BCUT2D eigenvalue weighted by Crippen LogP contribution is -2.00. The Morgan fingerprint density at radius 1 is 0.605 bits per heavy atom. The summed E-state index contributed by atoms with van der Waals surface area (Å²) in [6.45, 7) is 0. The molecule has 43 heavy (non-hydrogen) atoms. The number of hydrogen-bond acceptors (Lipinski definition) is 3. The number of nitriles is 1. The van der Waals surface area contributed by atoms with Crippen molar-refractivity contribution in [2.24, 2.45) is 0 Å². The van der Waals surface area contributed by atoms with E-state index in [1.165, 1.54) is 16.0 Å². The third kappa shape index (κ3) is 3.53. The smallest absolute Gasteiger partial charge is 0.143 e. The maximum atomic E-state index is 9.81. The summed E-state index contributed by atoms with van der Waals surface area (Å²) in [5.41, 5.74) is 13.7. The summed E-state index contributed by atoms with van der Waals surface area (Å²) in [5.74, 6) is 0. The van der Waals surface area contributed by atoms with Crippen LogP contribution in [-0.2, 0) is 0 Å². The van der Waals surface area contributed by atoms with Crippen LogP contribution < -0.4 is 0 Å². The van der Waals surface area contributed by atoms with Crippen LogP contribution >= 0.6 is 11.3 Å². The normalized spacial score (nSPS) is 11.7. The minimum Gasteiger partial charge on any atom is -0.455 e. The number of nitrogens with zero attached hydrogens (tertiary/aromatic N) is 2. The highest BCUT2D eigenvalue weighted by Gasteiger charge is 2.27. The molecular formula is C39H22N2OS. The summed E-state index contributed by atoms with van der Waals surface area (Å²) in [4.78, 5) is 1.17. The van der Waals surface area contributed by atoms with Gasteiger partial charge in [-0.2, -0.15) is 5.26 Å². The van der Waals surface area contributed by atoms with E-state index in [-0.39, 0.29) is 0 Å². The molecule has 200 valence electrons. The molecule has 0 unspecified atom stereocenters. The van der Waals surface area contributed by atoms with Gasteiger partial charge in [-0.05, 0) is 70.6 Å². The fraction of sp³-hybridized carbons (Fsp3) is 0. The molecular weight excluding hydrogens is 545 g/mol. The lowest BCUT2D eigenvalue weighted by Gasteiger charge is -2.22. The van der Waals surface area contributed by atoms with Gasteiger partial charge in [0.2, 0.25) is 0 Å². The van der Waals surface area contributed by atoms with Gasteiger partial charge in [-0.15, -0.1) is 11.3 Å². The number of thiophene rings is 1. The van der Waals surface area contributed by atoms with E-state index in [0.717, 1.165) is 66.7 Å². The highest BCUT2D eigenvalue weighted by Crippen LogP contribution is 2.51. The van der Waals surface area contributed by atoms with Crippen LogP contribution in [-0.4, -0.2) is 4.57 Å². The van der Waals surface area contributed by atoms with E-state index in [4.69, 9.17) is 4.42 Å². The lowest BCUT2D eigenvalue weighted by molar-refractivity contribution is 0.670. The van der Waals surface area contributed by atoms with Gasteiger partial charge in [0.1, 0.15) is 11.2 Å². The van der Waals surface area contributed by atoms with Gasteiger partial charge in [0.25, 0.3) is 0 Å². The lowest BCUT2D eigenvalue weighted by atomic mass is 9.85. The molecule has 0 N–H and O–H groups in total. The summed E-state index contributed by atoms with van der Waals surface area (Å²) < 4.78 is 8.73. The molecule has 0 aliphatic heterocycles. The second-order valence-electron chi connectivity index (χ2n) is 10.9. The molecule has 3 nitrogen and oxygen atoms in total. The van der Waals surface area contributed by atoms with Gasteiger partial charge in [0, 0.05) is 55.4 Å². The van der Waals surface area contributed by atoms with Crippen LogP contribution in [0.2, 0.25) is 0 Å². The van der Waals surface area contributed by atoms with Gasteiger partial charge in [-0.3, -0.25) is 0 Å². The number of rotatable bonds is 2. The summed E-state index contributed by atoms with van der Waals surface area (Å²) in [7, 11) is 0. The van der Waals surface area contributed by atoms with Crippen LogP contribution in [0.25, 0.3) is 82.7 Å². The molecule has 0 fully saturated rings. The summed E-state index contributed by atoms with van der Waals surface area (Å²) in [6, 6.07) is 44.8. The van der Waals surface area contributed by atoms with E-state index in [0.29, 0.717) is 5.56 Å². The predicted octanol–water partition coefficient (Wildman–Crippen LogP) is 11.0. The van der Waals surface area contributed by atoms with Crippen molar-refractivity contribution in [2.75, 3.05) is 0 Å². The molecule has 0 atom stereocenters.